The van der Waals surface area contributed by atoms with Crippen LogP contribution >= 0.6 is 0 Å². The summed E-state index contributed by atoms with van der Waals surface area (Å²) in [6.07, 6.45) is 8.09. The van der Waals surface area contributed by atoms with Gasteiger partial charge in [0, 0.05) is 24.8 Å². The second kappa shape index (κ2) is 12.5. The minimum absolute atomic E-state index is 0.132. The van der Waals surface area contributed by atoms with Crippen LogP contribution in [0, 0.1) is 0 Å². The molecule has 0 atom stereocenters. The summed E-state index contributed by atoms with van der Waals surface area (Å²) in [7, 11) is -7.35. The van der Waals surface area contributed by atoms with E-state index in [1.165, 1.54) is 11.1 Å². The van der Waals surface area contributed by atoms with Crippen LogP contribution in [0.4, 0.5) is 0 Å². The van der Waals surface area contributed by atoms with Crippen LogP contribution in [0.2, 0.25) is 0 Å². The Hall–Kier alpha value is -1.88. The zero-order chi connectivity index (χ0) is 20.1. The van der Waals surface area contributed by atoms with Gasteiger partial charge in [-0.25, -0.2) is 0 Å². The number of aromatic nitrogens is 2. The zero-order valence-electron chi connectivity index (χ0n) is 14.7. The first-order valence-corrected chi connectivity index (χ1v) is 11.0. The Morgan fingerprint density at radius 3 is 1.12 bits per heavy atom. The highest BCUT2D eigenvalue weighted by atomic mass is 32.2. The van der Waals surface area contributed by atoms with Gasteiger partial charge in [-0.3, -0.25) is 19.1 Å². The van der Waals surface area contributed by atoms with E-state index in [2.05, 4.69) is 9.97 Å². The van der Waals surface area contributed by atoms with E-state index in [1.807, 2.05) is 24.3 Å². The van der Waals surface area contributed by atoms with Crippen molar-refractivity contribution in [3.63, 3.8) is 0 Å². The van der Waals surface area contributed by atoms with Gasteiger partial charge in [0.2, 0.25) is 0 Å². The van der Waals surface area contributed by atoms with Crippen LogP contribution in [0.25, 0.3) is 11.1 Å². The average Bonchev–Trinajstić information content (AvgIpc) is 2.55. The van der Waals surface area contributed by atoms with Gasteiger partial charge in [-0.05, 0) is 48.2 Å². The van der Waals surface area contributed by atoms with Crippen LogP contribution < -0.4 is 0 Å². The van der Waals surface area contributed by atoms with Crippen LogP contribution in [-0.2, 0) is 20.2 Å². The largest absolute Gasteiger partial charge is 0.286 e. The van der Waals surface area contributed by atoms with Crippen molar-refractivity contribution in [2.45, 2.75) is 26.7 Å². The molecule has 10 heteroatoms. The maximum Gasteiger partial charge on any atom is 0.264 e. The standard InChI is InChI=1S/C10H8N2.2C3H8O3S/c1-5-11-6-2-9(1)10-3-7-12-8-4-10;2*1-2-3-7(4,5)6/h1-8H;2*2-3H2,1H3,(H,4,5,6). The molecule has 2 rings (SSSR count). The monoisotopic (exact) mass is 404 g/mol. The van der Waals surface area contributed by atoms with Gasteiger partial charge in [-0.15, -0.1) is 0 Å². The first kappa shape index (κ1) is 24.1. The van der Waals surface area contributed by atoms with Crippen LogP contribution in [0.15, 0.2) is 49.1 Å². The van der Waals surface area contributed by atoms with Crippen LogP contribution in [-0.4, -0.2) is 47.4 Å². The second-order valence-electron chi connectivity index (χ2n) is 5.04. The van der Waals surface area contributed by atoms with Crippen LogP contribution in [0.3, 0.4) is 0 Å². The predicted octanol–water partition coefficient (Wildman–Crippen LogP) is 2.71. The molecule has 2 N–H and O–H groups in total. The van der Waals surface area contributed by atoms with E-state index in [0.717, 1.165) is 0 Å². The molecule has 0 fully saturated rings. The van der Waals surface area contributed by atoms with E-state index in [0.29, 0.717) is 12.8 Å². The Labute approximate surface area is 154 Å². The molecule has 0 amide bonds. The SMILES string of the molecule is CCCS(=O)(=O)O.CCCS(=O)(=O)O.c1cc(-c2ccncc2)ccn1. The summed E-state index contributed by atoms with van der Waals surface area (Å²) in [6, 6.07) is 7.93. The van der Waals surface area contributed by atoms with E-state index in [-0.39, 0.29) is 11.5 Å². The Morgan fingerprint density at radius 1 is 0.692 bits per heavy atom. The summed E-state index contributed by atoms with van der Waals surface area (Å²) in [4.78, 5) is 7.91. The lowest BCUT2D eigenvalue weighted by atomic mass is 10.1. The van der Waals surface area contributed by atoms with E-state index >= 15 is 0 Å². The van der Waals surface area contributed by atoms with Crippen molar-refractivity contribution in [2.24, 2.45) is 0 Å². The molecule has 0 bridgehead atoms. The lowest BCUT2D eigenvalue weighted by molar-refractivity contribution is 0.480. The molecule has 0 aliphatic carbocycles. The first-order valence-electron chi connectivity index (χ1n) is 7.79. The zero-order valence-corrected chi connectivity index (χ0v) is 16.3. The maximum absolute atomic E-state index is 9.79. The number of nitrogens with zero attached hydrogens (tertiary/aromatic N) is 2. The van der Waals surface area contributed by atoms with Crippen LogP contribution in [0.5, 0.6) is 0 Å². The Morgan fingerprint density at radius 2 is 0.962 bits per heavy atom. The van der Waals surface area contributed by atoms with Gasteiger partial charge in [0.25, 0.3) is 20.2 Å². The molecule has 0 unspecified atom stereocenters. The van der Waals surface area contributed by atoms with Crippen molar-refractivity contribution in [3.8, 4) is 11.1 Å². The van der Waals surface area contributed by atoms with Gasteiger partial charge in [-0.1, -0.05) is 13.8 Å². The Kier molecular flexibility index (Phi) is 11.6. The molecule has 26 heavy (non-hydrogen) atoms. The molecule has 0 aliphatic rings. The molecule has 0 aliphatic heterocycles. The second-order valence-corrected chi connectivity index (χ2v) is 8.19. The van der Waals surface area contributed by atoms with Crippen molar-refractivity contribution in [1.29, 1.82) is 0 Å². The summed E-state index contributed by atoms with van der Waals surface area (Å²) < 4.78 is 55.1. The fourth-order valence-corrected chi connectivity index (χ4v) is 2.64. The van der Waals surface area contributed by atoms with Gasteiger partial charge in [-0.2, -0.15) is 16.8 Å². The number of hydrogen-bond acceptors (Lipinski definition) is 6. The van der Waals surface area contributed by atoms with Gasteiger partial charge in [0.1, 0.15) is 0 Å². The van der Waals surface area contributed by atoms with Crippen molar-refractivity contribution in [1.82, 2.24) is 9.97 Å². The molecular weight excluding hydrogens is 380 g/mol. The molecule has 8 nitrogen and oxygen atoms in total. The molecule has 146 valence electrons. The number of pyridine rings is 2. The average molecular weight is 405 g/mol. The number of hydrogen-bond donors (Lipinski definition) is 2. The fraction of sp³-hybridized carbons (Fsp3) is 0.375. The highest BCUT2D eigenvalue weighted by Gasteiger charge is 1.98. The van der Waals surface area contributed by atoms with Gasteiger partial charge >= 0.3 is 0 Å². The predicted molar refractivity (Wildman–Crippen MR) is 101 cm³/mol. The minimum Gasteiger partial charge on any atom is -0.286 e. The van der Waals surface area contributed by atoms with Crippen molar-refractivity contribution in [2.75, 3.05) is 11.5 Å². The molecule has 2 aromatic rings. The molecule has 0 radical (unpaired) electrons. The van der Waals surface area contributed by atoms with E-state index in [4.69, 9.17) is 9.11 Å². The summed E-state index contributed by atoms with van der Waals surface area (Å²) in [5.41, 5.74) is 2.35. The number of rotatable bonds is 5. The van der Waals surface area contributed by atoms with Gasteiger partial charge in [0.05, 0.1) is 11.5 Å². The van der Waals surface area contributed by atoms with Crippen molar-refractivity contribution < 1.29 is 25.9 Å². The highest BCUT2D eigenvalue weighted by molar-refractivity contribution is 7.86. The van der Waals surface area contributed by atoms with E-state index in [9.17, 15) is 16.8 Å². The lowest BCUT2D eigenvalue weighted by Gasteiger charge is -1.97. The van der Waals surface area contributed by atoms with Gasteiger partial charge < -0.3 is 0 Å². The Bertz CT molecular complexity index is 739. The summed E-state index contributed by atoms with van der Waals surface area (Å²) in [5, 5.41) is 0. The summed E-state index contributed by atoms with van der Waals surface area (Å²) in [5.74, 6) is -0.264. The molecule has 0 aromatic carbocycles. The molecule has 0 spiro atoms. The summed E-state index contributed by atoms with van der Waals surface area (Å²) in [6.45, 7) is 3.38. The third kappa shape index (κ3) is 14.5. The normalized spacial score (nSPS) is 10.8. The molecule has 2 aromatic heterocycles. The van der Waals surface area contributed by atoms with Crippen molar-refractivity contribution >= 4 is 20.2 Å². The molecule has 0 saturated carbocycles. The molecule has 0 saturated heterocycles. The first-order chi connectivity index (χ1) is 12.1. The lowest BCUT2D eigenvalue weighted by Crippen LogP contribution is -2.01. The van der Waals surface area contributed by atoms with Crippen molar-refractivity contribution in [3.05, 3.63) is 49.1 Å². The highest BCUT2D eigenvalue weighted by Crippen LogP contribution is 2.15. The molecular formula is C16H24N2O6S2. The maximum atomic E-state index is 9.79. The smallest absolute Gasteiger partial charge is 0.264 e. The van der Waals surface area contributed by atoms with Gasteiger partial charge in [0.15, 0.2) is 0 Å². The fourth-order valence-electron chi connectivity index (χ4n) is 1.60. The van der Waals surface area contributed by atoms with E-state index < -0.39 is 20.2 Å². The third-order valence-corrected chi connectivity index (χ3v) is 4.47. The molecule has 2 heterocycles. The minimum atomic E-state index is -3.67. The quantitative estimate of drug-likeness (QED) is 0.726. The van der Waals surface area contributed by atoms with E-state index in [1.54, 1.807) is 38.6 Å². The third-order valence-electron chi connectivity index (χ3n) is 2.62. The topological polar surface area (TPSA) is 135 Å². The Balaban J connectivity index is 0.000000390. The van der Waals surface area contributed by atoms with Crippen LogP contribution in [0.1, 0.15) is 26.7 Å². The summed E-state index contributed by atoms with van der Waals surface area (Å²) >= 11 is 0.